The number of rotatable bonds is 5. The summed E-state index contributed by atoms with van der Waals surface area (Å²) < 4.78 is 11.0. The van der Waals surface area contributed by atoms with Crippen LogP contribution in [0.3, 0.4) is 0 Å². The van der Waals surface area contributed by atoms with E-state index in [-0.39, 0.29) is 17.5 Å². The topological polar surface area (TPSA) is 62.8 Å². The summed E-state index contributed by atoms with van der Waals surface area (Å²) in [6.45, 7) is 2.98. The Morgan fingerprint density at radius 3 is 2.62 bits per heavy atom. The molecule has 0 radical (unpaired) electrons. The molecule has 1 saturated carbocycles. The average molecular weight is 458 g/mol. The summed E-state index contributed by atoms with van der Waals surface area (Å²) in [4.78, 5) is 15.1. The number of carbonyl (C=O) groups excluding carboxylic acids is 1. The second-order valence-corrected chi connectivity index (χ2v) is 9.41. The molecule has 2 aliphatic rings. The minimum absolute atomic E-state index is 0.0629. The summed E-state index contributed by atoms with van der Waals surface area (Å²) in [6, 6.07) is 12.2. The zero-order valence-electron chi connectivity index (χ0n) is 19.2. The lowest BCUT2D eigenvalue weighted by Gasteiger charge is -2.45. The Kier molecular flexibility index (Phi) is 6.54. The highest BCUT2D eigenvalue weighted by molar-refractivity contribution is 6.31. The van der Waals surface area contributed by atoms with Crippen LogP contribution in [0.5, 0.6) is 11.5 Å². The number of aryl methyl sites for hydroxylation is 1. The van der Waals surface area contributed by atoms with Crippen LogP contribution in [-0.2, 0) is 5.41 Å². The Bertz CT molecular complexity index is 998. The van der Waals surface area contributed by atoms with Gasteiger partial charge in [0.25, 0.3) is 0 Å². The molecule has 1 heterocycles. The van der Waals surface area contributed by atoms with Crippen molar-refractivity contribution < 1.29 is 14.3 Å². The lowest BCUT2D eigenvalue weighted by Crippen LogP contribution is -2.52. The van der Waals surface area contributed by atoms with Gasteiger partial charge >= 0.3 is 6.03 Å². The van der Waals surface area contributed by atoms with Gasteiger partial charge in [-0.05, 0) is 81.6 Å². The number of anilines is 1. The maximum Gasteiger partial charge on any atom is 0.319 e. The minimum Gasteiger partial charge on any atom is -0.493 e. The molecule has 172 valence electrons. The summed E-state index contributed by atoms with van der Waals surface area (Å²) in [5.74, 6) is 1.52. The zero-order chi connectivity index (χ0) is 22.9. The number of fused-ring (bicyclic) bond motifs is 1. The largest absolute Gasteiger partial charge is 0.493 e. The summed E-state index contributed by atoms with van der Waals surface area (Å²) in [7, 11) is 5.52. The molecule has 2 aromatic rings. The number of methoxy groups -OCH3 is 2. The summed E-state index contributed by atoms with van der Waals surface area (Å²) in [5.41, 5.74) is 3.04. The normalized spacial score (nSPS) is 25.2. The lowest BCUT2D eigenvalue weighted by molar-refractivity contribution is 0.156. The summed E-state index contributed by atoms with van der Waals surface area (Å²) >= 11 is 6.19. The number of amides is 2. The lowest BCUT2D eigenvalue weighted by atomic mass is 9.65. The van der Waals surface area contributed by atoms with Gasteiger partial charge in [0.2, 0.25) is 0 Å². The first kappa shape index (κ1) is 22.7. The Morgan fingerprint density at radius 2 is 1.91 bits per heavy atom. The summed E-state index contributed by atoms with van der Waals surface area (Å²) in [5, 5.41) is 6.74. The fourth-order valence-electron chi connectivity index (χ4n) is 5.42. The van der Waals surface area contributed by atoms with Crippen molar-refractivity contribution in [3.63, 3.8) is 0 Å². The number of benzene rings is 2. The van der Waals surface area contributed by atoms with E-state index < -0.39 is 0 Å². The van der Waals surface area contributed by atoms with Gasteiger partial charge in [-0.15, -0.1) is 0 Å². The van der Waals surface area contributed by atoms with E-state index in [1.54, 1.807) is 20.3 Å². The van der Waals surface area contributed by atoms with Gasteiger partial charge in [0, 0.05) is 28.2 Å². The number of nitrogens with one attached hydrogen (secondary N) is 2. The molecule has 1 aliphatic carbocycles. The average Bonchev–Trinajstić information content (AvgIpc) is 3.13. The Labute approximate surface area is 195 Å². The van der Waals surface area contributed by atoms with E-state index in [2.05, 4.69) is 34.7 Å². The number of urea groups is 1. The van der Waals surface area contributed by atoms with Gasteiger partial charge in [-0.1, -0.05) is 23.7 Å². The molecule has 4 rings (SSSR count). The SMILES string of the molecule is COc1ccc([C@@]23CC[C@@H](NC(=O)Nc4ccc(C)c(Cl)c4)C[C@@H]2N(C)CC3)cc1OC. The third kappa shape index (κ3) is 4.26. The third-order valence-corrected chi connectivity index (χ3v) is 7.66. The monoisotopic (exact) mass is 457 g/mol. The van der Waals surface area contributed by atoms with Crippen LogP contribution < -0.4 is 20.1 Å². The van der Waals surface area contributed by atoms with E-state index >= 15 is 0 Å². The molecular formula is C25H32ClN3O3. The standard InChI is InChI=1S/C25H32ClN3O3/c1-16-5-7-18(14-20(16)26)27-24(30)28-19-9-10-25(11-12-29(2)23(25)15-19)17-6-8-21(31-3)22(13-17)32-4/h5-8,13-14,19,23H,9-12,15H2,1-4H3,(H2,27,28,30)/t19-,23+,25+/m1/s1. The van der Waals surface area contributed by atoms with Gasteiger partial charge in [0.15, 0.2) is 11.5 Å². The Hall–Kier alpha value is -2.44. The van der Waals surface area contributed by atoms with Crippen LogP contribution in [-0.4, -0.2) is 50.8 Å². The van der Waals surface area contributed by atoms with E-state index in [0.29, 0.717) is 16.8 Å². The van der Waals surface area contributed by atoms with Crippen LogP contribution in [0.4, 0.5) is 10.5 Å². The van der Waals surface area contributed by atoms with Crippen LogP contribution in [0.15, 0.2) is 36.4 Å². The molecule has 6 nitrogen and oxygen atoms in total. The van der Waals surface area contributed by atoms with Crippen LogP contribution in [0.25, 0.3) is 0 Å². The molecule has 2 amide bonds. The highest BCUT2D eigenvalue weighted by atomic mass is 35.5. The molecule has 32 heavy (non-hydrogen) atoms. The first-order chi connectivity index (χ1) is 15.4. The van der Waals surface area contributed by atoms with Crippen molar-refractivity contribution in [1.29, 1.82) is 0 Å². The predicted octanol–water partition coefficient (Wildman–Crippen LogP) is 4.98. The molecule has 0 aromatic heterocycles. The second kappa shape index (κ2) is 9.20. The molecule has 1 saturated heterocycles. The number of likely N-dealkylation sites (tertiary alicyclic amines) is 1. The number of carbonyl (C=O) groups is 1. The van der Waals surface area contributed by atoms with Crippen molar-refractivity contribution >= 4 is 23.3 Å². The quantitative estimate of drug-likeness (QED) is 0.664. The van der Waals surface area contributed by atoms with Gasteiger partial charge < -0.3 is 25.0 Å². The van der Waals surface area contributed by atoms with Gasteiger partial charge in [0.1, 0.15) is 0 Å². The molecule has 0 unspecified atom stereocenters. The number of halogens is 1. The van der Waals surface area contributed by atoms with Crippen molar-refractivity contribution in [3.05, 3.63) is 52.5 Å². The zero-order valence-corrected chi connectivity index (χ0v) is 20.0. The molecule has 2 fully saturated rings. The van der Waals surface area contributed by atoms with Crippen LogP contribution in [0.1, 0.15) is 36.8 Å². The predicted molar refractivity (Wildman–Crippen MR) is 128 cm³/mol. The van der Waals surface area contributed by atoms with Crippen molar-refractivity contribution in [2.75, 3.05) is 33.1 Å². The fraction of sp³-hybridized carbons (Fsp3) is 0.480. The molecule has 3 atom stereocenters. The molecule has 2 N–H and O–H groups in total. The van der Waals surface area contributed by atoms with E-state index in [1.807, 2.05) is 25.1 Å². The first-order valence-electron chi connectivity index (χ1n) is 11.1. The second-order valence-electron chi connectivity index (χ2n) is 9.01. The van der Waals surface area contributed by atoms with E-state index in [4.69, 9.17) is 21.1 Å². The maximum atomic E-state index is 12.6. The Morgan fingerprint density at radius 1 is 1.12 bits per heavy atom. The highest BCUT2D eigenvalue weighted by Crippen LogP contribution is 2.49. The van der Waals surface area contributed by atoms with Crippen LogP contribution in [0.2, 0.25) is 5.02 Å². The fourth-order valence-corrected chi connectivity index (χ4v) is 5.60. The summed E-state index contributed by atoms with van der Waals surface area (Å²) in [6.07, 6.45) is 3.96. The van der Waals surface area contributed by atoms with Gasteiger partial charge in [0.05, 0.1) is 14.2 Å². The van der Waals surface area contributed by atoms with Gasteiger partial charge in [-0.2, -0.15) is 0 Å². The van der Waals surface area contributed by atoms with Crippen molar-refractivity contribution in [3.8, 4) is 11.5 Å². The van der Waals surface area contributed by atoms with E-state index in [0.717, 1.165) is 49.3 Å². The maximum absolute atomic E-state index is 12.6. The smallest absolute Gasteiger partial charge is 0.319 e. The minimum atomic E-state index is -0.186. The van der Waals surface area contributed by atoms with Crippen molar-refractivity contribution in [1.82, 2.24) is 10.2 Å². The van der Waals surface area contributed by atoms with Crippen LogP contribution in [0, 0.1) is 6.92 Å². The molecule has 2 aromatic carbocycles. The molecule has 0 bridgehead atoms. The molecule has 7 heteroatoms. The number of nitrogens with zero attached hydrogens (tertiary/aromatic N) is 1. The Balaban J connectivity index is 1.47. The van der Waals surface area contributed by atoms with Gasteiger partial charge in [-0.3, -0.25) is 0 Å². The highest BCUT2D eigenvalue weighted by Gasteiger charge is 2.50. The first-order valence-corrected chi connectivity index (χ1v) is 11.5. The number of hydrogen-bond donors (Lipinski definition) is 2. The molecule has 0 spiro atoms. The number of ether oxygens (including phenoxy) is 2. The molecular weight excluding hydrogens is 426 g/mol. The van der Waals surface area contributed by atoms with E-state index in [9.17, 15) is 4.79 Å². The number of hydrogen-bond acceptors (Lipinski definition) is 4. The van der Waals surface area contributed by atoms with Crippen molar-refractivity contribution in [2.24, 2.45) is 0 Å². The molecule has 1 aliphatic heterocycles. The van der Waals surface area contributed by atoms with Gasteiger partial charge in [-0.25, -0.2) is 4.79 Å². The number of likely N-dealkylation sites (N-methyl/N-ethyl adjacent to an activating group) is 1. The van der Waals surface area contributed by atoms with Crippen LogP contribution >= 0.6 is 11.6 Å². The van der Waals surface area contributed by atoms with Crippen molar-refractivity contribution in [2.45, 2.75) is 50.1 Å². The van der Waals surface area contributed by atoms with E-state index in [1.165, 1.54) is 5.56 Å². The third-order valence-electron chi connectivity index (χ3n) is 7.25.